The van der Waals surface area contributed by atoms with Crippen LogP contribution in [0.5, 0.6) is 11.5 Å². The molecule has 1 unspecified atom stereocenters. The number of methoxy groups -OCH3 is 1. The highest BCUT2D eigenvalue weighted by Crippen LogP contribution is 2.31. The van der Waals surface area contributed by atoms with Crippen LogP contribution in [-0.2, 0) is 6.54 Å². The average Bonchev–Trinajstić information content (AvgIpc) is 2.79. The SMILES string of the molecule is COc1ccc(CN2CCCC(c3cc(=O)[nH]c(-c4ccccn4)n3)C2)cc1OC(C)C. The van der Waals surface area contributed by atoms with Crippen LogP contribution >= 0.6 is 0 Å². The van der Waals surface area contributed by atoms with Crippen molar-refractivity contribution in [3.8, 4) is 23.0 Å². The Hall–Kier alpha value is -3.19. The summed E-state index contributed by atoms with van der Waals surface area (Å²) >= 11 is 0. The first-order valence-electron chi connectivity index (χ1n) is 11.1. The molecule has 0 bridgehead atoms. The number of hydrogen-bond donors (Lipinski definition) is 1. The number of nitrogens with zero attached hydrogens (tertiary/aromatic N) is 3. The van der Waals surface area contributed by atoms with Gasteiger partial charge < -0.3 is 14.5 Å². The van der Waals surface area contributed by atoms with Crippen molar-refractivity contribution in [3.63, 3.8) is 0 Å². The van der Waals surface area contributed by atoms with E-state index in [1.807, 2.05) is 38.1 Å². The number of piperidine rings is 1. The molecule has 4 rings (SSSR count). The molecule has 1 aromatic carbocycles. The van der Waals surface area contributed by atoms with Crippen LogP contribution in [0.4, 0.5) is 0 Å². The molecule has 168 valence electrons. The Morgan fingerprint density at radius 2 is 2.06 bits per heavy atom. The van der Waals surface area contributed by atoms with E-state index in [0.29, 0.717) is 11.5 Å². The number of likely N-dealkylation sites (tertiary alicyclic amines) is 1. The molecule has 1 saturated heterocycles. The summed E-state index contributed by atoms with van der Waals surface area (Å²) < 4.78 is 11.4. The molecule has 3 heterocycles. The molecule has 0 spiro atoms. The summed E-state index contributed by atoms with van der Waals surface area (Å²) in [6.45, 7) is 6.69. The van der Waals surface area contributed by atoms with E-state index in [9.17, 15) is 4.79 Å². The summed E-state index contributed by atoms with van der Waals surface area (Å²) in [6, 6.07) is 13.3. The average molecular weight is 435 g/mol. The van der Waals surface area contributed by atoms with Gasteiger partial charge in [0.2, 0.25) is 0 Å². The van der Waals surface area contributed by atoms with Crippen molar-refractivity contribution in [2.24, 2.45) is 0 Å². The number of rotatable bonds is 7. The second-order valence-electron chi connectivity index (χ2n) is 8.46. The molecular weight excluding hydrogens is 404 g/mol. The zero-order valence-electron chi connectivity index (χ0n) is 18.9. The zero-order valence-corrected chi connectivity index (χ0v) is 18.9. The van der Waals surface area contributed by atoms with Gasteiger partial charge in [-0.15, -0.1) is 0 Å². The van der Waals surface area contributed by atoms with E-state index in [1.165, 1.54) is 5.56 Å². The van der Waals surface area contributed by atoms with Gasteiger partial charge in [0.25, 0.3) is 5.56 Å². The van der Waals surface area contributed by atoms with E-state index in [1.54, 1.807) is 19.4 Å². The maximum Gasteiger partial charge on any atom is 0.251 e. The normalized spacial score (nSPS) is 16.8. The first-order chi connectivity index (χ1) is 15.5. The van der Waals surface area contributed by atoms with Crippen molar-refractivity contribution in [2.45, 2.75) is 45.3 Å². The summed E-state index contributed by atoms with van der Waals surface area (Å²) in [5.74, 6) is 2.24. The Morgan fingerprint density at radius 3 is 2.81 bits per heavy atom. The number of hydrogen-bond acceptors (Lipinski definition) is 6. The van der Waals surface area contributed by atoms with Gasteiger partial charge in [-0.1, -0.05) is 12.1 Å². The second-order valence-corrected chi connectivity index (χ2v) is 8.46. The van der Waals surface area contributed by atoms with E-state index >= 15 is 0 Å². The van der Waals surface area contributed by atoms with Gasteiger partial charge in [-0.2, -0.15) is 0 Å². The number of nitrogens with one attached hydrogen (secondary N) is 1. The van der Waals surface area contributed by atoms with Crippen LogP contribution in [0.3, 0.4) is 0 Å². The minimum atomic E-state index is -0.140. The lowest BCUT2D eigenvalue weighted by molar-refractivity contribution is 0.197. The van der Waals surface area contributed by atoms with Gasteiger partial charge in [-0.05, 0) is 63.1 Å². The highest BCUT2D eigenvalue weighted by atomic mass is 16.5. The monoisotopic (exact) mass is 434 g/mol. The maximum atomic E-state index is 12.3. The second kappa shape index (κ2) is 9.96. The third kappa shape index (κ3) is 5.34. The topological polar surface area (TPSA) is 80.3 Å². The molecule has 1 fully saturated rings. The Morgan fingerprint density at radius 1 is 1.19 bits per heavy atom. The third-order valence-corrected chi connectivity index (χ3v) is 5.59. The predicted molar refractivity (Wildman–Crippen MR) is 124 cm³/mol. The fourth-order valence-corrected chi connectivity index (χ4v) is 4.17. The number of H-pyrrole nitrogens is 1. The number of ether oxygens (including phenoxy) is 2. The van der Waals surface area contributed by atoms with Crippen molar-refractivity contribution in [2.75, 3.05) is 20.2 Å². The van der Waals surface area contributed by atoms with Crippen LogP contribution in [0, 0.1) is 0 Å². The molecule has 0 aliphatic carbocycles. The summed E-state index contributed by atoms with van der Waals surface area (Å²) in [5.41, 5.74) is 2.54. The molecule has 7 heteroatoms. The van der Waals surface area contributed by atoms with Gasteiger partial charge in [0, 0.05) is 31.3 Å². The highest BCUT2D eigenvalue weighted by molar-refractivity contribution is 5.48. The smallest absolute Gasteiger partial charge is 0.251 e. The first-order valence-corrected chi connectivity index (χ1v) is 11.1. The van der Waals surface area contributed by atoms with E-state index in [4.69, 9.17) is 14.5 Å². The van der Waals surface area contributed by atoms with Crippen molar-refractivity contribution in [1.82, 2.24) is 19.9 Å². The fourth-order valence-electron chi connectivity index (χ4n) is 4.17. The number of pyridine rings is 1. The van der Waals surface area contributed by atoms with Crippen LogP contribution in [0.2, 0.25) is 0 Å². The van der Waals surface area contributed by atoms with Crippen LogP contribution in [0.1, 0.15) is 43.9 Å². The molecule has 2 aromatic heterocycles. The molecule has 1 atom stereocenters. The fraction of sp³-hybridized carbons (Fsp3) is 0.400. The molecular formula is C25H30N4O3. The Bertz CT molecular complexity index is 1100. The summed E-state index contributed by atoms with van der Waals surface area (Å²) in [6.07, 6.45) is 3.85. The third-order valence-electron chi connectivity index (χ3n) is 5.59. The molecule has 3 aromatic rings. The Kier molecular flexibility index (Phi) is 6.85. The Labute approximate surface area is 188 Å². The van der Waals surface area contributed by atoms with E-state index in [0.717, 1.165) is 49.7 Å². The minimum Gasteiger partial charge on any atom is -0.493 e. The van der Waals surface area contributed by atoms with Gasteiger partial charge in [0.1, 0.15) is 5.69 Å². The number of aromatic amines is 1. The van der Waals surface area contributed by atoms with Crippen LogP contribution in [-0.4, -0.2) is 46.2 Å². The molecule has 1 N–H and O–H groups in total. The lowest BCUT2D eigenvalue weighted by Crippen LogP contribution is -2.34. The summed E-state index contributed by atoms with van der Waals surface area (Å²) in [4.78, 5) is 26.6. The highest BCUT2D eigenvalue weighted by Gasteiger charge is 2.24. The van der Waals surface area contributed by atoms with Crippen molar-refractivity contribution in [1.29, 1.82) is 0 Å². The lowest BCUT2D eigenvalue weighted by atomic mass is 9.94. The number of benzene rings is 1. The van der Waals surface area contributed by atoms with Crippen LogP contribution in [0.15, 0.2) is 53.5 Å². The molecule has 32 heavy (non-hydrogen) atoms. The van der Waals surface area contributed by atoms with E-state index in [2.05, 4.69) is 27.0 Å². The Balaban J connectivity index is 1.51. The van der Waals surface area contributed by atoms with Crippen molar-refractivity contribution >= 4 is 0 Å². The molecule has 1 aliphatic rings. The summed E-state index contributed by atoms with van der Waals surface area (Å²) in [7, 11) is 1.66. The molecule has 1 aliphatic heterocycles. The van der Waals surface area contributed by atoms with Crippen molar-refractivity contribution in [3.05, 3.63) is 70.3 Å². The minimum absolute atomic E-state index is 0.0778. The molecule has 0 saturated carbocycles. The van der Waals surface area contributed by atoms with Gasteiger partial charge in [-0.3, -0.25) is 14.7 Å². The standard InChI is InChI=1S/C25H30N4O3/c1-17(2)32-23-13-18(9-10-22(23)31-3)15-29-12-6-7-19(16-29)21-14-24(30)28-25(27-21)20-8-4-5-11-26-20/h4-5,8-11,13-14,17,19H,6-7,12,15-16H2,1-3H3,(H,27,28,30). The molecule has 0 radical (unpaired) electrons. The summed E-state index contributed by atoms with van der Waals surface area (Å²) in [5, 5.41) is 0. The zero-order chi connectivity index (χ0) is 22.5. The van der Waals surface area contributed by atoms with Gasteiger partial charge in [-0.25, -0.2) is 4.98 Å². The van der Waals surface area contributed by atoms with Crippen LogP contribution in [0.25, 0.3) is 11.5 Å². The van der Waals surface area contributed by atoms with E-state index < -0.39 is 0 Å². The van der Waals surface area contributed by atoms with Gasteiger partial charge >= 0.3 is 0 Å². The predicted octanol–water partition coefficient (Wildman–Crippen LogP) is 4.01. The maximum absolute atomic E-state index is 12.3. The number of aromatic nitrogens is 3. The molecule has 0 amide bonds. The van der Waals surface area contributed by atoms with Gasteiger partial charge in [0.15, 0.2) is 17.3 Å². The molecule has 7 nitrogen and oxygen atoms in total. The quantitative estimate of drug-likeness (QED) is 0.605. The first kappa shape index (κ1) is 22.0. The van der Waals surface area contributed by atoms with Crippen molar-refractivity contribution < 1.29 is 9.47 Å². The van der Waals surface area contributed by atoms with E-state index in [-0.39, 0.29) is 17.6 Å². The van der Waals surface area contributed by atoms with Gasteiger partial charge in [0.05, 0.1) is 18.9 Å². The lowest BCUT2D eigenvalue weighted by Gasteiger charge is -2.32. The largest absolute Gasteiger partial charge is 0.493 e. The van der Waals surface area contributed by atoms with Crippen LogP contribution < -0.4 is 15.0 Å².